The van der Waals surface area contributed by atoms with Crippen LogP contribution < -0.4 is 15.4 Å². The van der Waals surface area contributed by atoms with Gasteiger partial charge in [0.25, 0.3) is 0 Å². The van der Waals surface area contributed by atoms with Crippen molar-refractivity contribution in [1.29, 1.82) is 0 Å². The lowest BCUT2D eigenvalue weighted by molar-refractivity contribution is 0.480. The van der Waals surface area contributed by atoms with Gasteiger partial charge in [0.15, 0.2) is 0 Å². The first kappa shape index (κ1) is 15.7. The van der Waals surface area contributed by atoms with Crippen molar-refractivity contribution in [2.45, 2.75) is 4.90 Å². The molecule has 110 valence electrons. The summed E-state index contributed by atoms with van der Waals surface area (Å²) in [5.74, 6) is 1.45. The van der Waals surface area contributed by atoms with E-state index in [0.29, 0.717) is 10.7 Å². The molecule has 0 saturated heterocycles. The molecule has 5 heteroatoms. The zero-order chi connectivity index (χ0) is 15.4. The van der Waals surface area contributed by atoms with Crippen molar-refractivity contribution in [2.75, 3.05) is 25.3 Å². The van der Waals surface area contributed by atoms with Gasteiger partial charge in [0.05, 0.1) is 5.56 Å². The number of rotatable bonds is 5. The van der Waals surface area contributed by atoms with Crippen LogP contribution in [0.25, 0.3) is 0 Å². The lowest BCUT2D eigenvalue weighted by atomic mass is 10.2. The van der Waals surface area contributed by atoms with Crippen LogP contribution in [0.2, 0.25) is 0 Å². The van der Waals surface area contributed by atoms with Crippen molar-refractivity contribution in [2.24, 2.45) is 5.73 Å². The molecule has 2 aromatic carbocycles. The van der Waals surface area contributed by atoms with E-state index in [1.165, 1.54) is 0 Å². The highest BCUT2D eigenvalue weighted by atomic mass is 32.2. The first-order valence-electron chi connectivity index (χ1n) is 6.45. The maximum Gasteiger partial charge on any atom is 0.138 e. The molecule has 0 bridgehead atoms. The maximum absolute atomic E-state index is 6.00. The van der Waals surface area contributed by atoms with E-state index in [1.807, 2.05) is 67.7 Å². The van der Waals surface area contributed by atoms with Crippen LogP contribution in [0.15, 0.2) is 47.4 Å². The van der Waals surface area contributed by atoms with Gasteiger partial charge in [-0.1, -0.05) is 24.4 Å². The Hall–Kier alpha value is -1.72. The highest BCUT2D eigenvalue weighted by Crippen LogP contribution is 2.33. The minimum absolute atomic E-state index is 0.346. The fraction of sp³-hybridized carbons (Fsp3) is 0.188. The van der Waals surface area contributed by atoms with Crippen LogP contribution >= 0.6 is 24.0 Å². The minimum atomic E-state index is 0.346. The second-order valence-electron chi connectivity index (χ2n) is 4.69. The highest BCUT2D eigenvalue weighted by molar-refractivity contribution is 7.98. The summed E-state index contributed by atoms with van der Waals surface area (Å²) in [5, 5.41) is 0. The molecule has 0 unspecified atom stereocenters. The van der Waals surface area contributed by atoms with Crippen LogP contribution in [0.3, 0.4) is 0 Å². The van der Waals surface area contributed by atoms with Gasteiger partial charge < -0.3 is 15.4 Å². The average Bonchev–Trinajstić information content (AvgIpc) is 2.46. The fourth-order valence-corrected chi connectivity index (χ4v) is 2.87. The molecule has 2 aromatic rings. The van der Waals surface area contributed by atoms with Crippen molar-refractivity contribution in [3.8, 4) is 11.5 Å². The van der Waals surface area contributed by atoms with Gasteiger partial charge in [0, 0.05) is 30.7 Å². The Morgan fingerprint density at radius 3 is 2.52 bits per heavy atom. The fourth-order valence-electron chi connectivity index (χ4n) is 1.96. The van der Waals surface area contributed by atoms with Crippen LogP contribution in [0.4, 0.5) is 5.69 Å². The predicted octanol–water partition coefficient (Wildman–Crippen LogP) is 3.90. The van der Waals surface area contributed by atoms with Crippen molar-refractivity contribution >= 4 is 34.7 Å². The quantitative estimate of drug-likeness (QED) is 0.668. The first-order valence-corrected chi connectivity index (χ1v) is 8.08. The molecule has 0 saturated carbocycles. The lowest BCUT2D eigenvalue weighted by Gasteiger charge is -2.16. The van der Waals surface area contributed by atoms with Gasteiger partial charge in [-0.25, -0.2) is 0 Å². The average molecular weight is 318 g/mol. The van der Waals surface area contributed by atoms with Gasteiger partial charge in [-0.2, -0.15) is 0 Å². The number of nitrogens with two attached hydrogens (primary N) is 1. The van der Waals surface area contributed by atoms with Crippen LogP contribution in [-0.2, 0) is 0 Å². The highest BCUT2D eigenvalue weighted by Gasteiger charge is 2.12. The van der Waals surface area contributed by atoms with Crippen molar-refractivity contribution in [3.05, 3.63) is 48.0 Å². The van der Waals surface area contributed by atoms with Crippen molar-refractivity contribution in [1.82, 2.24) is 0 Å². The van der Waals surface area contributed by atoms with E-state index in [0.717, 1.165) is 21.9 Å². The zero-order valence-electron chi connectivity index (χ0n) is 12.3. The third kappa shape index (κ3) is 3.68. The third-order valence-electron chi connectivity index (χ3n) is 3.02. The Morgan fingerprint density at radius 1 is 1.19 bits per heavy atom. The largest absolute Gasteiger partial charge is 0.457 e. The predicted molar refractivity (Wildman–Crippen MR) is 95.0 cm³/mol. The summed E-state index contributed by atoms with van der Waals surface area (Å²) in [6.45, 7) is 0. The van der Waals surface area contributed by atoms with E-state index < -0.39 is 0 Å². The molecule has 0 amide bonds. The Labute approximate surface area is 135 Å². The van der Waals surface area contributed by atoms with Crippen LogP contribution in [0.5, 0.6) is 11.5 Å². The van der Waals surface area contributed by atoms with Crippen LogP contribution in [0, 0.1) is 0 Å². The topological polar surface area (TPSA) is 38.5 Å². The number of benzene rings is 2. The Bertz CT molecular complexity index is 656. The number of thioether (sulfide) groups is 1. The zero-order valence-corrected chi connectivity index (χ0v) is 13.9. The second kappa shape index (κ2) is 6.83. The van der Waals surface area contributed by atoms with Gasteiger partial charge in [-0.3, -0.25) is 0 Å². The molecular formula is C16H18N2OS2. The molecule has 0 aliphatic heterocycles. The molecule has 21 heavy (non-hydrogen) atoms. The van der Waals surface area contributed by atoms with Crippen LogP contribution in [-0.4, -0.2) is 25.3 Å². The van der Waals surface area contributed by atoms with Crippen molar-refractivity contribution in [3.63, 3.8) is 0 Å². The van der Waals surface area contributed by atoms with Gasteiger partial charge in [-0.05, 0) is 30.5 Å². The summed E-state index contributed by atoms with van der Waals surface area (Å²) < 4.78 is 6.00. The molecule has 0 aliphatic rings. The molecule has 3 nitrogen and oxygen atoms in total. The normalized spacial score (nSPS) is 10.2. The number of nitrogens with zero attached hydrogens (tertiary/aromatic N) is 1. The summed E-state index contributed by atoms with van der Waals surface area (Å²) in [5.41, 5.74) is 7.71. The van der Waals surface area contributed by atoms with E-state index in [9.17, 15) is 0 Å². The van der Waals surface area contributed by atoms with E-state index >= 15 is 0 Å². The summed E-state index contributed by atoms with van der Waals surface area (Å²) in [4.78, 5) is 3.39. The van der Waals surface area contributed by atoms with E-state index in [4.69, 9.17) is 22.7 Å². The first-order chi connectivity index (χ1) is 10.0. The molecule has 0 spiro atoms. The maximum atomic E-state index is 6.00. The van der Waals surface area contributed by atoms with E-state index in [1.54, 1.807) is 11.8 Å². The number of hydrogen-bond acceptors (Lipinski definition) is 4. The third-order valence-corrected chi connectivity index (χ3v) is 4.00. The van der Waals surface area contributed by atoms with Gasteiger partial charge in [-0.15, -0.1) is 11.8 Å². The number of ether oxygens (including phenoxy) is 1. The molecule has 2 rings (SSSR count). The summed E-state index contributed by atoms with van der Waals surface area (Å²) >= 11 is 6.76. The second-order valence-corrected chi connectivity index (χ2v) is 5.98. The molecule has 0 radical (unpaired) electrons. The van der Waals surface area contributed by atoms with Crippen molar-refractivity contribution < 1.29 is 4.74 Å². The molecule has 0 aromatic heterocycles. The van der Waals surface area contributed by atoms with E-state index in [2.05, 4.69) is 0 Å². The van der Waals surface area contributed by atoms with Gasteiger partial charge >= 0.3 is 0 Å². The van der Waals surface area contributed by atoms with Gasteiger partial charge in [0.1, 0.15) is 16.5 Å². The molecule has 2 N–H and O–H groups in total. The number of anilines is 1. The number of thiocarbonyl (C=S) groups is 1. The smallest absolute Gasteiger partial charge is 0.138 e. The standard InChI is InChI=1S/C16H18N2OS2/c1-18(2)11-6-4-7-12(10-11)19-13-8-5-9-14(21-3)15(13)16(17)20/h4-10H,1-3H3,(H2,17,20). The SMILES string of the molecule is CSc1cccc(Oc2cccc(N(C)C)c2)c1C(N)=S. The molecule has 0 fully saturated rings. The minimum Gasteiger partial charge on any atom is -0.457 e. The molecule has 0 atom stereocenters. The van der Waals surface area contributed by atoms with E-state index in [-0.39, 0.29) is 0 Å². The Morgan fingerprint density at radius 2 is 1.90 bits per heavy atom. The lowest BCUT2D eigenvalue weighted by Crippen LogP contribution is -2.12. The summed E-state index contributed by atoms with van der Waals surface area (Å²) in [6, 6.07) is 13.7. The Balaban J connectivity index is 2.40. The number of hydrogen-bond donors (Lipinski definition) is 1. The molecule has 0 heterocycles. The summed E-state index contributed by atoms with van der Waals surface area (Å²) in [7, 11) is 3.99. The molecular weight excluding hydrogens is 300 g/mol. The Kier molecular flexibility index (Phi) is 5.09. The summed E-state index contributed by atoms with van der Waals surface area (Å²) in [6.07, 6.45) is 1.99. The monoisotopic (exact) mass is 318 g/mol. The molecule has 0 aliphatic carbocycles. The van der Waals surface area contributed by atoms with Gasteiger partial charge in [0.2, 0.25) is 0 Å². The van der Waals surface area contributed by atoms with Crippen LogP contribution in [0.1, 0.15) is 5.56 Å².